The fourth-order valence-electron chi connectivity index (χ4n) is 4.06. The van der Waals surface area contributed by atoms with Crippen molar-refractivity contribution in [3.63, 3.8) is 0 Å². The van der Waals surface area contributed by atoms with E-state index in [0.29, 0.717) is 0 Å². The lowest BCUT2D eigenvalue weighted by atomic mass is 10.3. The van der Waals surface area contributed by atoms with Gasteiger partial charge in [-0.25, -0.2) is 0 Å². The van der Waals surface area contributed by atoms with Gasteiger partial charge in [0.25, 0.3) is 0 Å². The van der Waals surface area contributed by atoms with Gasteiger partial charge in [-0.15, -0.1) is 0 Å². The summed E-state index contributed by atoms with van der Waals surface area (Å²) in [5, 5.41) is 0. The van der Waals surface area contributed by atoms with Crippen molar-refractivity contribution < 1.29 is 0 Å². The molecule has 7 heteroatoms. The molecule has 0 saturated heterocycles. The van der Waals surface area contributed by atoms with E-state index in [9.17, 15) is 0 Å². The summed E-state index contributed by atoms with van der Waals surface area (Å²) in [6.07, 6.45) is 0. The summed E-state index contributed by atoms with van der Waals surface area (Å²) in [6, 6.07) is 51.0. The Morgan fingerprint density at radius 3 is 0.465 bits per heavy atom. The highest BCUT2D eigenvalue weighted by molar-refractivity contribution is 8.00. The quantitative estimate of drug-likeness (QED) is 0.143. The predicted octanol–water partition coefficient (Wildman–Crippen LogP) is 11.6. The minimum absolute atomic E-state index is 0.789. The van der Waals surface area contributed by atoms with Crippen LogP contribution in [0.5, 0.6) is 0 Å². The standard InChI is InChI=1S/C36H28N2S5/c37-25-1-5-27(6-2-25)39-29-9-13-31(14-10-29)41-33-17-21-35(22-18-33)43-36-23-19-34(20-24-36)42-32-15-11-30(12-16-32)40-28-7-3-26(38)4-8-28/h1-24H,37-38H2. The summed E-state index contributed by atoms with van der Waals surface area (Å²) in [7, 11) is 0. The van der Waals surface area contributed by atoms with Gasteiger partial charge in [-0.1, -0.05) is 58.8 Å². The van der Waals surface area contributed by atoms with Crippen LogP contribution in [-0.4, -0.2) is 0 Å². The molecule has 0 amide bonds. The fraction of sp³-hybridized carbons (Fsp3) is 0. The minimum atomic E-state index is 0.789. The van der Waals surface area contributed by atoms with Crippen molar-refractivity contribution >= 4 is 70.2 Å². The number of hydrogen-bond donors (Lipinski definition) is 2. The van der Waals surface area contributed by atoms with Crippen LogP contribution in [0.25, 0.3) is 0 Å². The maximum Gasteiger partial charge on any atom is 0.0314 e. The van der Waals surface area contributed by atoms with Crippen molar-refractivity contribution in [3.8, 4) is 0 Å². The van der Waals surface area contributed by atoms with Crippen LogP contribution >= 0.6 is 58.8 Å². The first kappa shape index (κ1) is 29.7. The minimum Gasteiger partial charge on any atom is -0.399 e. The lowest BCUT2D eigenvalue weighted by Gasteiger charge is -2.07. The second kappa shape index (κ2) is 14.4. The van der Waals surface area contributed by atoms with Crippen molar-refractivity contribution in [3.05, 3.63) is 146 Å². The Morgan fingerprint density at radius 1 is 0.209 bits per heavy atom. The predicted molar refractivity (Wildman–Crippen MR) is 188 cm³/mol. The van der Waals surface area contributed by atoms with Crippen LogP contribution in [0, 0.1) is 0 Å². The van der Waals surface area contributed by atoms with Gasteiger partial charge in [-0.05, 0) is 146 Å². The summed E-state index contributed by atoms with van der Waals surface area (Å²) in [4.78, 5) is 12.2. The average molecular weight is 649 g/mol. The monoisotopic (exact) mass is 648 g/mol. The highest BCUT2D eigenvalue weighted by Crippen LogP contribution is 2.36. The van der Waals surface area contributed by atoms with E-state index in [1.807, 2.05) is 24.3 Å². The van der Waals surface area contributed by atoms with Crippen molar-refractivity contribution in [1.29, 1.82) is 0 Å². The third-order valence-electron chi connectivity index (χ3n) is 6.23. The molecule has 0 saturated carbocycles. The fourth-order valence-corrected chi connectivity index (χ4v) is 8.14. The lowest BCUT2D eigenvalue weighted by molar-refractivity contribution is 1.30. The maximum atomic E-state index is 5.80. The number of rotatable bonds is 10. The third kappa shape index (κ3) is 8.85. The van der Waals surface area contributed by atoms with Crippen molar-refractivity contribution in [2.45, 2.75) is 49.0 Å². The van der Waals surface area contributed by atoms with Gasteiger partial charge in [-0.2, -0.15) is 0 Å². The van der Waals surface area contributed by atoms with Crippen molar-refractivity contribution in [2.24, 2.45) is 0 Å². The van der Waals surface area contributed by atoms with E-state index < -0.39 is 0 Å². The molecule has 0 fully saturated rings. The summed E-state index contributed by atoms with van der Waals surface area (Å²) >= 11 is 8.83. The highest BCUT2D eigenvalue weighted by Gasteiger charge is 2.05. The van der Waals surface area contributed by atoms with E-state index in [-0.39, 0.29) is 0 Å². The normalized spacial score (nSPS) is 11.0. The Morgan fingerprint density at radius 2 is 0.326 bits per heavy atom. The molecule has 0 aliphatic heterocycles. The molecule has 6 aromatic carbocycles. The molecule has 0 aliphatic carbocycles. The topological polar surface area (TPSA) is 52.0 Å². The number of anilines is 2. The molecule has 0 atom stereocenters. The second-order valence-electron chi connectivity index (χ2n) is 9.53. The highest BCUT2D eigenvalue weighted by atomic mass is 32.2. The van der Waals surface area contributed by atoms with Gasteiger partial charge in [0.15, 0.2) is 0 Å². The third-order valence-corrected chi connectivity index (χ3v) is 11.3. The van der Waals surface area contributed by atoms with Gasteiger partial charge in [0.05, 0.1) is 0 Å². The van der Waals surface area contributed by atoms with Gasteiger partial charge < -0.3 is 11.5 Å². The smallest absolute Gasteiger partial charge is 0.0314 e. The molecule has 2 nitrogen and oxygen atoms in total. The molecule has 0 heterocycles. The SMILES string of the molecule is Nc1ccc(Sc2ccc(Sc3ccc(Sc4ccc(Sc5ccc(Sc6ccc(N)cc6)cc5)cc4)cc3)cc2)cc1. The Bertz CT molecular complexity index is 1620. The van der Waals surface area contributed by atoms with Crippen LogP contribution in [0.4, 0.5) is 11.4 Å². The molecule has 0 aliphatic rings. The van der Waals surface area contributed by atoms with Gasteiger partial charge in [0.1, 0.15) is 0 Å². The van der Waals surface area contributed by atoms with Gasteiger partial charge in [-0.3, -0.25) is 0 Å². The average Bonchev–Trinajstić information content (AvgIpc) is 3.03. The largest absolute Gasteiger partial charge is 0.399 e. The Kier molecular flexibility index (Phi) is 9.98. The first-order valence-corrected chi connectivity index (χ1v) is 17.6. The van der Waals surface area contributed by atoms with Crippen LogP contribution in [0.1, 0.15) is 0 Å². The van der Waals surface area contributed by atoms with E-state index >= 15 is 0 Å². The van der Waals surface area contributed by atoms with Crippen molar-refractivity contribution in [1.82, 2.24) is 0 Å². The van der Waals surface area contributed by atoms with Gasteiger partial charge in [0.2, 0.25) is 0 Å². The number of nitrogen functional groups attached to an aromatic ring is 2. The summed E-state index contributed by atoms with van der Waals surface area (Å²) in [5.74, 6) is 0. The van der Waals surface area contributed by atoms with E-state index in [2.05, 4.69) is 121 Å². The molecule has 0 bridgehead atoms. The zero-order valence-electron chi connectivity index (χ0n) is 23.1. The molecular weight excluding hydrogens is 621 g/mol. The van der Waals surface area contributed by atoms with Gasteiger partial charge >= 0.3 is 0 Å². The van der Waals surface area contributed by atoms with Gasteiger partial charge in [0, 0.05) is 60.3 Å². The molecule has 6 rings (SSSR count). The Balaban J connectivity index is 0.988. The van der Waals surface area contributed by atoms with Crippen LogP contribution in [0.15, 0.2) is 195 Å². The lowest BCUT2D eigenvalue weighted by Crippen LogP contribution is -1.82. The molecule has 43 heavy (non-hydrogen) atoms. The van der Waals surface area contributed by atoms with Crippen LogP contribution in [0.3, 0.4) is 0 Å². The summed E-state index contributed by atoms with van der Waals surface area (Å²) < 4.78 is 0. The zero-order valence-corrected chi connectivity index (χ0v) is 27.1. The second-order valence-corrected chi connectivity index (χ2v) is 15.3. The zero-order chi connectivity index (χ0) is 29.4. The van der Waals surface area contributed by atoms with Crippen LogP contribution in [0.2, 0.25) is 0 Å². The van der Waals surface area contributed by atoms with Crippen LogP contribution < -0.4 is 11.5 Å². The molecule has 6 aromatic rings. The Labute approximate surface area is 274 Å². The molecule has 0 spiro atoms. The number of nitrogens with two attached hydrogens (primary N) is 2. The van der Waals surface area contributed by atoms with E-state index in [1.54, 1.807) is 58.8 Å². The molecule has 0 unspecified atom stereocenters. The number of hydrogen-bond acceptors (Lipinski definition) is 7. The summed E-state index contributed by atoms with van der Waals surface area (Å²) in [6.45, 7) is 0. The van der Waals surface area contributed by atoms with E-state index in [4.69, 9.17) is 11.5 Å². The number of benzene rings is 6. The first-order chi connectivity index (χ1) is 21.0. The Hall–Kier alpha value is -3.33. The summed E-state index contributed by atoms with van der Waals surface area (Å²) in [5.41, 5.74) is 13.2. The molecule has 212 valence electrons. The van der Waals surface area contributed by atoms with E-state index in [1.165, 1.54) is 49.0 Å². The maximum absolute atomic E-state index is 5.80. The molecule has 0 aromatic heterocycles. The molecule has 0 radical (unpaired) electrons. The van der Waals surface area contributed by atoms with Crippen LogP contribution in [-0.2, 0) is 0 Å². The molecular formula is C36H28N2S5. The molecule has 4 N–H and O–H groups in total. The van der Waals surface area contributed by atoms with E-state index in [0.717, 1.165) is 11.4 Å². The van der Waals surface area contributed by atoms with Crippen molar-refractivity contribution in [2.75, 3.05) is 11.5 Å². The first-order valence-electron chi connectivity index (χ1n) is 13.5.